The van der Waals surface area contributed by atoms with E-state index in [4.69, 9.17) is 10.8 Å². The third-order valence-corrected chi connectivity index (χ3v) is 2.84. The fraction of sp³-hybridized carbons (Fsp3) is 0.222. The first kappa shape index (κ1) is 11.6. The van der Waals surface area contributed by atoms with E-state index >= 15 is 0 Å². The van der Waals surface area contributed by atoms with Gasteiger partial charge in [0.25, 0.3) is 0 Å². The van der Waals surface area contributed by atoms with Gasteiger partial charge in [-0.15, -0.1) is 11.3 Å². The molecular weight excluding hydrogens is 242 g/mol. The molecule has 17 heavy (non-hydrogen) atoms. The van der Waals surface area contributed by atoms with Crippen LogP contribution in [-0.2, 0) is 11.8 Å². The molecule has 0 bridgehead atoms. The molecule has 0 saturated carbocycles. The van der Waals surface area contributed by atoms with Crippen LogP contribution in [0.1, 0.15) is 11.7 Å². The highest BCUT2D eigenvalue weighted by Crippen LogP contribution is 2.22. The highest BCUT2D eigenvalue weighted by molar-refractivity contribution is 7.13. The van der Waals surface area contributed by atoms with Crippen LogP contribution in [-0.4, -0.2) is 25.8 Å². The number of nitrogens with zero attached hydrogens (tertiary/aromatic N) is 3. The van der Waals surface area contributed by atoms with Crippen LogP contribution >= 0.6 is 11.3 Å². The minimum absolute atomic E-state index is 0.342. The van der Waals surface area contributed by atoms with E-state index in [0.29, 0.717) is 10.8 Å². The van der Waals surface area contributed by atoms with E-state index < -0.39 is 12.0 Å². The molecule has 0 aliphatic heterocycles. The van der Waals surface area contributed by atoms with Gasteiger partial charge in [0, 0.05) is 18.6 Å². The third-order valence-electron chi connectivity index (χ3n) is 2.06. The number of aromatic nitrogens is 3. The Bertz CT molecular complexity index is 535. The number of anilines is 2. The lowest BCUT2D eigenvalue weighted by Crippen LogP contribution is -2.20. The van der Waals surface area contributed by atoms with Gasteiger partial charge < -0.3 is 16.2 Å². The lowest BCUT2D eigenvalue weighted by atomic mass is 10.2. The molecule has 2 aromatic heterocycles. The zero-order valence-electron chi connectivity index (χ0n) is 8.99. The van der Waals surface area contributed by atoms with Crippen molar-refractivity contribution in [3.63, 3.8) is 0 Å². The first-order valence-corrected chi connectivity index (χ1v) is 5.63. The van der Waals surface area contributed by atoms with E-state index in [0.717, 1.165) is 5.69 Å². The van der Waals surface area contributed by atoms with Gasteiger partial charge in [-0.1, -0.05) is 0 Å². The highest BCUT2D eigenvalue weighted by Gasteiger charge is 2.17. The minimum atomic E-state index is -1.09. The second kappa shape index (κ2) is 4.52. The molecule has 0 fully saturated rings. The summed E-state index contributed by atoms with van der Waals surface area (Å²) in [5.74, 6) is -1.09. The number of carbonyl (C=O) groups is 1. The van der Waals surface area contributed by atoms with Gasteiger partial charge in [0.15, 0.2) is 5.13 Å². The molecule has 0 radical (unpaired) electrons. The average Bonchev–Trinajstić information content (AvgIpc) is 2.87. The first-order chi connectivity index (χ1) is 8.06. The van der Waals surface area contributed by atoms with Crippen LogP contribution in [0.25, 0.3) is 0 Å². The summed E-state index contributed by atoms with van der Waals surface area (Å²) in [5.41, 5.74) is 6.58. The van der Waals surface area contributed by atoms with Crippen molar-refractivity contribution in [2.24, 2.45) is 12.8 Å². The number of carboxylic acids is 1. The number of hydrogen-bond acceptors (Lipinski definition) is 6. The molecule has 0 spiro atoms. The van der Waals surface area contributed by atoms with Gasteiger partial charge in [-0.2, -0.15) is 5.10 Å². The molecule has 0 aliphatic rings. The van der Waals surface area contributed by atoms with Gasteiger partial charge in [0.2, 0.25) is 0 Å². The van der Waals surface area contributed by atoms with E-state index in [2.05, 4.69) is 15.4 Å². The van der Waals surface area contributed by atoms with E-state index in [-0.39, 0.29) is 0 Å². The second-order valence-electron chi connectivity index (χ2n) is 3.42. The monoisotopic (exact) mass is 253 g/mol. The van der Waals surface area contributed by atoms with Crippen LogP contribution in [0.2, 0.25) is 0 Å². The molecule has 0 saturated heterocycles. The first-order valence-electron chi connectivity index (χ1n) is 4.76. The fourth-order valence-electron chi connectivity index (χ4n) is 1.22. The molecule has 7 nitrogen and oxygen atoms in total. The Hall–Kier alpha value is -1.93. The Labute approximate surface area is 101 Å². The van der Waals surface area contributed by atoms with Crippen molar-refractivity contribution in [3.8, 4) is 0 Å². The number of carboxylic acid groups (broad SMARTS) is 1. The molecule has 0 amide bonds. The number of hydrogen-bond donors (Lipinski definition) is 3. The number of nitrogens with one attached hydrogen (secondary N) is 1. The molecule has 8 heteroatoms. The van der Waals surface area contributed by atoms with Crippen molar-refractivity contribution in [2.75, 3.05) is 5.32 Å². The summed E-state index contributed by atoms with van der Waals surface area (Å²) in [6, 6.07) is -1.09. The van der Waals surface area contributed by atoms with Gasteiger partial charge in [-0.3, -0.25) is 9.48 Å². The van der Waals surface area contributed by atoms with Gasteiger partial charge in [-0.25, -0.2) is 4.98 Å². The van der Waals surface area contributed by atoms with E-state index in [1.165, 1.54) is 11.3 Å². The molecule has 4 N–H and O–H groups in total. The SMILES string of the molecule is Cn1cc(Nc2nc(C(N)C(=O)O)cs2)cn1. The average molecular weight is 253 g/mol. The van der Waals surface area contributed by atoms with E-state index in [1.807, 2.05) is 0 Å². The van der Waals surface area contributed by atoms with Crippen molar-refractivity contribution < 1.29 is 9.90 Å². The zero-order valence-corrected chi connectivity index (χ0v) is 9.81. The van der Waals surface area contributed by atoms with Crippen molar-refractivity contribution in [2.45, 2.75) is 6.04 Å². The maximum Gasteiger partial charge on any atom is 0.326 e. The quantitative estimate of drug-likeness (QED) is 0.740. The zero-order chi connectivity index (χ0) is 12.4. The molecule has 2 rings (SSSR count). The number of rotatable bonds is 4. The normalized spacial score (nSPS) is 12.4. The fourth-order valence-corrected chi connectivity index (χ4v) is 1.99. The van der Waals surface area contributed by atoms with E-state index in [9.17, 15) is 4.79 Å². The van der Waals surface area contributed by atoms with Gasteiger partial charge in [0.05, 0.1) is 17.6 Å². The summed E-state index contributed by atoms with van der Waals surface area (Å²) < 4.78 is 1.65. The van der Waals surface area contributed by atoms with Gasteiger partial charge in [0.1, 0.15) is 6.04 Å². The Morgan fingerprint density at radius 2 is 2.47 bits per heavy atom. The molecule has 0 aromatic carbocycles. The van der Waals surface area contributed by atoms with Crippen LogP contribution < -0.4 is 11.1 Å². The van der Waals surface area contributed by atoms with Crippen molar-refractivity contribution in [1.82, 2.24) is 14.8 Å². The van der Waals surface area contributed by atoms with Crippen LogP contribution in [0, 0.1) is 0 Å². The number of aliphatic carboxylic acids is 1. The number of nitrogens with two attached hydrogens (primary N) is 1. The largest absolute Gasteiger partial charge is 0.480 e. The Morgan fingerprint density at radius 3 is 3.06 bits per heavy atom. The van der Waals surface area contributed by atoms with Crippen LogP contribution in [0.5, 0.6) is 0 Å². The smallest absolute Gasteiger partial charge is 0.326 e. The summed E-state index contributed by atoms with van der Waals surface area (Å²) in [7, 11) is 1.80. The minimum Gasteiger partial charge on any atom is -0.480 e. The van der Waals surface area contributed by atoms with Gasteiger partial charge in [-0.05, 0) is 0 Å². The predicted molar refractivity (Wildman–Crippen MR) is 63.2 cm³/mol. The maximum absolute atomic E-state index is 10.7. The summed E-state index contributed by atoms with van der Waals surface area (Å²) >= 11 is 1.30. The summed E-state index contributed by atoms with van der Waals surface area (Å²) in [6.45, 7) is 0. The molecule has 1 atom stereocenters. The standard InChI is InChI=1S/C9H11N5O2S/c1-14-3-5(2-11-14)12-9-13-6(4-17-9)7(10)8(15)16/h2-4,7H,10H2,1H3,(H,12,13)(H,15,16). The Kier molecular flexibility index (Phi) is 3.07. The molecule has 2 heterocycles. The van der Waals surface area contributed by atoms with Gasteiger partial charge >= 0.3 is 5.97 Å². The third kappa shape index (κ3) is 2.60. The van der Waals surface area contributed by atoms with Crippen LogP contribution in [0.3, 0.4) is 0 Å². The summed E-state index contributed by atoms with van der Waals surface area (Å²) in [6.07, 6.45) is 3.44. The van der Waals surface area contributed by atoms with Crippen LogP contribution in [0.4, 0.5) is 10.8 Å². The number of aryl methyl sites for hydroxylation is 1. The lowest BCUT2D eigenvalue weighted by Gasteiger charge is -2.01. The number of thiazole rings is 1. The lowest BCUT2D eigenvalue weighted by molar-refractivity contribution is -0.138. The Balaban J connectivity index is 2.11. The molecule has 90 valence electrons. The van der Waals surface area contributed by atoms with Crippen molar-refractivity contribution in [1.29, 1.82) is 0 Å². The highest BCUT2D eigenvalue weighted by atomic mass is 32.1. The van der Waals surface area contributed by atoms with Crippen molar-refractivity contribution >= 4 is 28.1 Å². The predicted octanol–water partition coefficient (Wildman–Crippen LogP) is 0.705. The maximum atomic E-state index is 10.7. The molecular formula is C9H11N5O2S. The second-order valence-corrected chi connectivity index (χ2v) is 4.28. The Morgan fingerprint density at radius 1 is 1.71 bits per heavy atom. The summed E-state index contributed by atoms with van der Waals surface area (Å²) in [5, 5.41) is 18.0. The molecule has 1 unspecified atom stereocenters. The molecule has 2 aromatic rings. The summed E-state index contributed by atoms with van der Waals surface area (Å²) in [4.78, 5) is 14.8. The van der Waals surface area contributed by atoms with Crippen LogP contribution in [0.15, 0.2) is 17.8 Å². The topological polar surface area (TPSA) is 106 Å². The van der Waals surface area contributed by atoms with Crippen molar-refractivity contribution in [3.05, 3.63) is 23.5 Å². The van der Waals surface area contributed by atoms with E-state index in [1.54, 1.807) is 29.5 Å². The molecule has 0 aliphatic carbocycles.